The highest BCUT2D eigenvalue weighted by Gasteiger charge is 2.21. The Morgan fingerprint density at radius 2 is 1.90 bits per heavy atom. The first-order chi connectivity index (χ1) is 14.2. The summed E-state index contributed by atoms with van der Waals surface area (Å²) in [6, 6.07) is 16.7. The van der Waals surface area contributed by atoms with E-state index in [9.17, 15) is 9.59 Å². The normalized spacial score (nSPS) is 13.0. The highest BCUT2D eigenvalue weighted by atomic mass is 16.2. The lowest BCUT2D eigenvalue weighted by Crippen LogP contribution is -2.23. The zero-order valence-electron chi connectivity index (χ0n) is 15.6. The van der Waals surface area contributed by atoms with E-state index in [1.165, 1.54) is 0 Å². The Hall–Kier alpha value is -3.93. The molecule has 1 aliphatic heterocycles. The summed E-state index contributed by atoms with van der Waals surface area (Å²) >= 11 is 0. The van der Waals surface area contributed by atoms with Crippen molar-refractivity contribution < 1.29 is 9.59 Å². The lowest BCUT2D eigenvalue weighted by atomic mass is 10.0. The number of pyridine rings is 2. The first kappa shape index (κ1) is 17.2. The maximum atomic E-state index is 12.3. The van der Waals surface area contributed by atoms with Gasteiger partial charge in [-0.3, -0.25) is 14.6 Å². The molecule has 0 bridgehead atoms. The molecule has 1 aromatic carbocycles. The standard InChI is InChI=1S/C23H18N4O2/c28-22-18-4-3-13-27-14-19(17(21(18)27)10-12-25-22)15-6-8-16(9-7-15)26-23(29)20-5-1-2-11-24-20/h1-9,11,13-14H,10,12H2,(H,25,28)(H,26,29). The van der Waals surface area contributed by atoms with Gasteiger partial charge in [-0.05, 0) is 53.9 Å². The molecule has 6 nitrogen and oxygen atoms in total. The number of nitrogens with zero attached hydrogens (tertiary/aromatic N) is 2. The Labute approximate surface area is 167 Å². The second kappa shape index (κ2) is 6.91. The molecule has 29 heavy (non-hydrogen) atoms. The Morgan fingerprint density at radius 1 is 1.03 bits per heavy atom. The third-order valence-electron chi connectivity index (χ3n) is 5.16. The van der Waals surface area contributed by atoms with E-state index in [-0.39, 0.29) is 11.8 Å². The van der Waals surface area contributed by atoms with Crippen LogP contribution >= 0.6 is 0 Å². The molecule has 1 aliphatic rings. The smallest absolute Gasteiger partial charge is 0.274 e. The minimum atomic E-state index is -0.242. The van der Waals surface area contributed by atoms with Crippen LogP contribution < -0.4 is 10.6 Å². The zero-order chi connectivity index (χ0) is 19.8. The van der Waals surface area contributed by atoms with Gasteiger partial charge in [0.2, 0.25) is 0 Å². The molecule has 0 fully saturated rings. The van der Waals surface area contributed by atoms with Gasteiger partial charge in [0.05, 0.1) is 11.1 Å². The molecule has 3 aromatic heterocycles. The molecule has 0 saturated heterocycles. The second-order valence-corrected chi connectivity index (χ2v) is 6.95. The lowest BCUT2D eigenvalue weighted by molar-refractivity contribution is 0.0956. The Morgan fingerprint density at radius 3 is 2.69 bits per heavy atom. The van der Waals surface area contributed by atoms with E-state index < -0.39 is 0 Å². The SMILES string of the molecule is O=C(Nc1ccc(-c2cn3cccc4c3c2CCNC4=O)cc1)c1ccccn1. The van der Waals surface area contributed by atoms with Gasteiger partial charge in [-0.25, -0.2) is 0 Å². The summed E-state index contributed by atoms with van der Waals surface area (Å²) < 4.78 is 2.02. The summed E-state index contributed by atoms with van der Waals surface area (Å²) in [5, 5.41) is 5.82. The molecule has 4 heterocycles. The molecule has 5 rings (SSSR count). The summed E-state index contributed by atoms with van der Waals surface area (Å²) in [6.45, 7) is 0.610. The van der Waals surface area contributed by atoms with Crippen molar-refractivity contribution in [3.8, 4) is 11.1 Å². The first-order valence-corrected chi connectivity index (χ1v) is 9.44. The van der Waals surface area contributed by atoms with Gasteiger partial charge in [0.15, 0.2) is 0 Å². The minimum absolute atomic E-state index is 0.0356. The largest absolute Gasteiger partial charge is 0.352 e. The second-order valence-electron chi connectivity index (χ2n) is 6.95. The number of hydrogen-bond donors (Lipinski definition) is 2. The molecular formula is C23H18N4O2. The molecule has 0 aliphatic carbocycles. The molecule has 4 aromatic rings. The van der Waals surface area contributed by atoms with E-state index in [1.54, 1.807) is 24.4 Å². The van der Waals surface area contributed by atoms with Crippen molar-refractivity contribution >= 4 is 23.0 Å². The average molecular weight is 382 g/mol. The van der Waals surface area contributed by atoms with Crippen molar-refractivity contribution in [2.24, 2.45) is 0 Å². The van der Waals surface area contributed by atoms with Crippen LogP contribution in [0.3, 0.4) is 0 Å². The van der Waals surface area contributed by atoms with Gasteiger partial charge in [0.1, 0.15) is 5.69 Å². The number of benzene rings is 1. The minimum Gasteiger partial charge on any atom is -0.352 e. The predicted molar refractivity (Wildman–Crippen MR) is 111 cm³/mol. The van der Waals surface area contributed by atoms with Crippen LogP contribution in [0.2, 0.25) is 0 Å². The van der Waals surface area contributed by atoms with Crippen LogP contribution in [0.1, 0.15) is 26.4 Å². The third kappa shape index (κ3) is 3.04. The van der Waals surface area contributed by atoms with Gasteiger partial charge in [0, 0.05) is 36.4 Å². The monoisotopic (exact) mass is 382 g/mol. The summed E-state index contributed by atoms with van der Waals surface area (Å²) in [5.41, 5.74) is 6.04. The van der Waals surface area contributed by atoms with Crippen LogP contribution in [-0.2, 0) is 6.42 Å². The number of anilines is 1. The molecule has 2 N–H and O–H groups in total. The first-order valence-electron chi connectivity index (χ1n) is 9.44. The Bertz CT molecular complexity index is 1230. The summed E-state index contributed by atoms with van der Waals surface area (Å²) in [4.78, 5) is 28.7. The van der Waals surface area contributed by atoms with Crippen molar-refractivity contribution in [2.75, 3.05) is 11.9 Å². The fourth-order valence-corrected chi connectivity index (χ4v) is 3.80. The van der Waals surface area contributed by atoms with Crippen LogP contribution in [0.15, 0.2) is 73.2 Å². The van der Waals surface area contributed by atoms with E-state index in [1.807, 2.05) is 47.0 Å². The van der Waals surface area contributed by atoms with Crippen LogP contribution in [-0.4, -0.2) is 27.7 Å². The van der Waals surface area contributed by atoms with Crippen LogP contribution in [0.5, 0.6) is 0 Å². The maximum absolute atomic E-state index is 12.3. The van der Waals surface area contributed by atoms with Gasteiger partial charge >= 0.3 is 0 Å². The van der Waals surface area contributed by atoms with Gasteiger partial charge in [-0.1, -0.05) is 18.2 Å². The molecule has 0 atom stereocenters. The van der Waals surface area contributed by atoms with Gasteiger partial charge in [0.25, 0.3) is 11.8 Å². The number of carbonyl (C=O) groups excluding carboxylic acids is 2. The number of hydrogen-bond acceptors (Lipinski definition) is 3. The van der Waals surface area contributed by atoms with Crippen molar-refractivity contribution in [3.05, 3.63) is 90.0 Å². The van der Waals surface area contributed by atoms with E-state index in [0.717, 1.165) is 28.6 Å². The molecule has 0 saturated carbocycles. The van der Waals surface area contributed by atoms with Crippen LogP contribution in [0.4, 0.5) is 5.69 Å². The summed E-state index contributed by atoms with van der Waals surface area (Å²) in [5.74, 6) is -0.277. The van der Waals surface area contributed by atoms with Crippen molar-refractivity contribution in [2.45, 2.75) is 6.42 Å². The van der Waals surface area contributed by atoms with Crippen molar-refractivity contribution in [3.63, 3.8) is 0 Å². The lowest BCUT2D eigenvalue weighted by Gasteiger charge is -2.07. The van der Waals surface area contributed by atoms with Gasteiger partial charge in [-0.2, -0.15) is 0 Å². The number of nitrogens with one attached hydrogen (secondary N) is 2. The number of rotatable bonds is 3. The number of amides is 2. The molecule has 6 heteroatoms. The van der Waals surface area contributed by atoms with Crippen LogP contribution in [0.25, 0.3) is 16.6 Å². The molecular weight excluding hydrogens is 364 g/mol. The maximum Gasteiger partial charge on any atom is 0.274 e. The number of carbonyl (C=O) groups is 2. The molecule has 142 valence electrons. The summed E-state index contributed by atoms with van der Waals surface area (Å²) in [6.07, 6.45) is 6.39. The van der Waals surface area contributed by atoms with Gasteiger partial charge < -0.3 is 15.0 Å². The van der Waals surface area contributed by atoms with E-state index in [2.05, 4.69) is 21.8 Å². The summed E-state index contributed by atoms with van der Waals surface area (Å²) in [7, 11) is 0. The molecule has 2 amide bonds. The molecule has 0 spiro atoms. The predicted octanol–water partition coefficient (Wildman–Crippen LogP) is 3.54. The zero-order valence-corrected chi connectivity index (χ0v) is 15.6. The Kier molecular flexibility index (Phi) is 4.09. The van der Waals surface area contributed by atoms with Gasteiger partial charge in [-0.15, -0.1) is 0 Å². The third-order valence-corrected chi connectivity index (χ3v) is 5.16. The van der Waals surface area contributed by atoms with Crippen LogP contribution in [0, 0.1) is 0 Å². The van der Waals surface area contributed by atoms with E-state index in [0.29, 0.717) is 23.5 Å². The fourth-order valence-electron chi connectivity index (χ4n) is 3.80. The van der Waals surface area contributed by atoms with Crippen molar-refractivity contribution in [1.82, 2.24) is 14.7 Å². The average Bonchev–Trinajstić information content (AvgIpc) is 3.04. The molecule has 0 radical (unpaired) electrons. The fraction of sp³-hybridized carbons (Fsp3) is 0.0870. The highest BCUT2D eigenvalue weighted by Crippen LogP contribution is 2.32. The topological polar surface area (TPSA) is 75.5 Å². The number of aromatic nitrogens is 2. The Balaban J connectivity index is 1.48. The highest BCUT2D eigenvalue weighted by molar-refractivity contribution is 6.04. The molecule has 0 unspecified atom stereocenters. The van der Waals surface area contributed by atoms with E-state index in [4.69, 9.17) is 0 Å². The quantitative estimate of drug-likeness (QED) is 0.569. The van der Waals surface area contributed by atoms with Crippen molar-refractivity contribution in [1.29, 1.82) is 0 Å². The van der Waals surface area contributed by atoms with E-state index >= 15 is 0 Å².